The Morgan fingerprint density at radius 3 is 2.61 bits per heavy atom. The molecule has 1 fully saturated rings. The number of allylic oxidation sites excluding steroid dienone is 2. The van der Waals surface area contributed by atoms with Gasteiger partial charge in [0, 0.05) is 17.9 Å². The van der Waals surface area contributed by atoms with Crippen LogP contribution in [-0.2, 0) is 4.43 Å². The minimum atomic E-state index is -1.66. The van der Waals surface area contributed by atoms with E-state index >= 15 is 0 Å². The first kappa shape index (κ1) is 19.6. The van der Waals surface area contributed by atoms with Crippen molar-refractivity contribution in [1.82, 2.24) is 14.5 Å². The van der Waals surface area contributed by atoms with E-state index in [1.54, 1.807) is 0 Å². The van der Waals surface area contributed by atoms with Gasteiger partial charge in [0.15, 0.2) is 8.32 Å². The molecule has 5 heteroatoms. The Morgan fingerprint density at radius 1 is 1.14 bits per heavy atom. The van der Waals surface area contributed by atoms with Crippen LogP contribution in [0.1, 0.15) is 58.2 Å². The average molecular weight is 396 g/mol. The molecule has 1 saturated carbocycles. The second-order valence-electron chi connectivity index (χ2n) is 9.87. The Bertz CT molecular complexity index is 857. The Kier molecular flexibility index (Phi) is 5.08. The normalized spacial score (nSPS) is 25.1. The van der Waals surface area contributed by atoms with E-state index in [1.165, 1.54) is 36.9 Å². The lowest BCUT2D eigenvalue weighted by Crippen LogP contribution is -2.44. The molecule has 0 radical (unpaired) electrons. The molecule has 0 spiro atoms. The van der Waals surface area contributed by atoms with Gasteiger partial charge >= 0.3 is 0 Å². The summed E-state index contributed by atoms with van der Waals surface area (Å²) in [5.41, 5.74) is 3.52. The Labute approximate surface area is 170 Å². The molecule has 1 atom stereocenters. The Balaban J connectivity index is 1.39. The van der Waals surface area contributed by atoms with Gasteiger partial charge in [-0.3, -0.25) is 4.98 Å². The van der Waals surface area contributed by atoms with Crippen molar-refractivity contribution < 1.29 is 4.43 Å². The summed E-state index contributed by atoms with van der Waals surface area (Å²) in [7, 11) is -1.66. The van der Waals surface area contributed by atoms with E-state index in [0.717, 1.165) is 5.69 Å². The van der Waals surface area contributed by atoms with Crippen LogP contribution in [0.25, 0.3) is 11.3 Å². The maximum Gasteiger partial charge on any atom is 0.192 e. The zero-order chi connectivity index (χ0) is 19.9. The first-order valence-electron chi connectivity index (χ1n) is 10.6. The van der Waals surface area contributed by atoms with Gasteiger partial charge in [0.25, 0.3) is 0 Å². The molecule has 4 rings (SSSR count). The number of rotatable bonds is 4. The topological polar surface area (TPSA) is 39.9 Å². The van der Waals surface area contributed by atoms with Gasteiger partial charge in [0.1, 0.15) is 0 Å². The number of fused-ring (bicyclic) bond motifs is 3. The average Bonchev–Trinajstić information content (AvgIpc) is 3.21. The van der Waals surface area contributed by atoms with Crippen LogP contribution in [0.2, 0.25) is 18.1 Å². The third-order valence-corrected chi connectivity index (χ3v) is 11.4. The van der Waals surface area contributed by atoms with Crippen molar-refractivity contribution in [3.8, 4) is 11.3 Å². The zero-order valence-electron chi connectivity index (χ0n) is 17.9. The van der Waals surface area contributed by atoms with E-state index in [-0.39, 0.29) is 11.1 Å². The predicted octanol–water partition coefficient (Wildman–Crippen LogP) is 5.98. The van der Waals surface area contributed by atoms with Gasteiger partial charge in [-0.05, 0) is 61.9 Å². The minimum absolute atomic E-state index is 0.176. The predicted molar refractivity (Wildman–Crippen MR) is 117 cm³/mol. The van der Waals surface area contributed by atoms with Crippen molar-refractivity contribution in [3.63, 3.8) is 0 Å². The third-order valence-electron chi connectivity index (χ3n) is 6.91. The van der Waals surface area contributed by atoms with E-state index in [4.69, 9.17) is 4.43 Å². The number of hydrogen-bond acceptors (Lipinski definition) is 3. The lowest BCUT2D eigenvalue weighted by atomic mass is 9.87. The zero-order valence-corrected chi connectivity index (χ0v) is 18.9. The van der Waals surface area contributed by atoms with E-state index < -0.39 is 8.32 Å². The molecule has 150 valence electrons. The van der Waals surface area contributed by atoms with Gasteiger partial charge in [-0.15, -0.1) is 0 Å². The quantitative estimate of drug-likeness (QED) is 0.472. The third kappa shape index (κ3) is 3.62. The van der Waals surface area contributed by atoms with E-state index in [9.17, 15) is 0 Å². The summed E-state index contributed by atoms with van der Waals surface area (Å²) in [6.45, 7) is 11.7. The summed E-state index contributed by atoms with van der Waals surface area (Å²) < 4.78 is 8.88. The van der Waals surface area contributed by atoms with Crippen molar-refractivity contribution in [3.05, 3.63) is 48.7 Å². The van der Waals surface area contributed by atoms with Crippen LogP contribution >= 0.6 is 0 Å². The maximum absolute atomic E-state index is 6.64. The summed E-state index contributed by atoms with van der Waals surface area (Å²) in [4.78, 5) is 8.99. The molecule has 2 aromatic heterocycles. The van der Waals surface area contributed by atoms with Gasteiger partial charge in [-0.25, -0.2) is 4.98 Å². The summed E-state index contributed by atoms with van der Waals surface area (Å²) in [6, 6.07) is 4.33. The molecular formula is C23H33N3OSi. The molecule has 28 heavy (non-hydrogen) atoms. The van der Waals surface area contributed by atoms with Crippen LogP contribution in [0.3, 0.4) is 0 Å². The summed E-state index contributed by atoms with van der Waals surface area (Å²) in [5.74, 6) is 0.638. The van der Waals surface area contributed by atoms with Crippen molar-refractivity contribution in [2.75, 3.05) is 0 Å². The fourth-order valence-corrected chi connectivity index (χ4v) is 5.60. The van der Waals surface area contributed by atoms with Gasteiger partial charge in [-0.1, -0.05) is 32.9 Å². The molecule has 0 saturated heterocycles. The Morgan fingerprint density at radius 2 is 1.89 bits per heavy atom. The maximum atomic E-state index is 6.64. The molecule has 1 aliphatic carbocycles. The molecule has 0 aromatic carbocycles. The molecular weight excluding hydrogens is 362 g/mol. The Hall–Kier alpha value is -1.72. The minimum Gasteiger partial charge on any atom is -0.414 e. The SMILES string of the molecule is CC(C)(C)[Si](C)(C)OC1CCC(C=CC2c3ncccc3-c3cncn32)CC1. The van der Waals surface area contributed by atoms with Gasteiger partial charge in [0.2, 0.25) is 0 Å². The van der Waals surface area contributed by atoms with Crippen LogP contribution in [0.5, 0.6) is 0 Å². The molecule has 0 amide bonds. The fourth-order valence-electron chi connectivity index (χ4n) is 4.18. The largest absolute Gasteiger partial charge is 0.414 e. The first-order valence-corrected chi connectivity index (χ1v) is 13.5. The summed E-state index contributed by atoms with van der Waals surface area (Å²) in [6.07, 6.45) is 15.7. The van der Waals surface area contributed by atoms with E-state index in [1.807, 2.05) is 24.8 Å². The second-order valence-corrected chi connectivity index (χ2v) is 14.6. The molecule has 1 unspecified atom stereocenters. The molecule has 3 heterocycles. The number of pyridine rings is 1. The van der Waals surface area contributed by atoms with Gasteiger partial charge in [0.05, 0.1) is 30.0 Å². The smallest absolute Gasteiger partial charge is 0.192 e. The summed E-state index contributed by atoms with van der Waals surface area (Å²) >= 11 is 0. The fraction of sp³-hybridized carbons (Fsp3) is 0.565. The number of nitrogens with zero attached hydrogens (tertiary/aromatic N) is 3. The van der Waals surface area contributed by atoms with Crippen LogP contribution in [0, 0.1) is 5.92 Å². The van der Waals surface area contributed by atoms with E-state index in [2.05, 4.69) is 66.6 Å². The van der Waals surface area contributed by atoms with Crippen LogP contribution in [0.15, 0.2) is 43.0 Å². The van der Waals surface area contributed by atoms with Crippen molar-refractivity contribution in [1.29, 1.82) is 0 Å². The molecule has 2 aliphatic rings. The van der Waals surface area contributed by atoms with Gasteiger partial charge < -0.3 is 8.99 Å². The lowest BCUT2D eigenvalue weighted by molar-refractivity contribution is 0.125. The van der Waals surface area contributed by atoms with Crippen molar-refractivity contribution in [2.45, 2.75) is 76.7 Å². The van der Waals surface area contributed by atoms with E-state index in [0.29, 0.717) is 12.0 Å². The molecule has 0 N–H and O–H groups in total. The number of aromatic nitrogens is 3. The monoisotopic (exact) mass is 395 g/mol. The number of hydrogen-bond donors (Lipinski definition) is 0. The van der Waals surface area contributed by atoms with Crippen LogP contribution < -0.4 is 0 Å². The summed E-state index contributed by atoms with van der Waals surface area (Å²) in [5, 5.41) is 0.287. The van der Waals surface area contributed by atoms with Gasteiger partial charge in [-0.2, -0.15) is 0 Å². The molecule has 2 aromatic rings. The highest BCUT2D eigenvalue weighted by Gasteiger charge is 2.39. The van der Waals surface area contributed by atoms with Crippen molar-refractivity contribution in [2.24, 2.45) is 5.92 Å². The van der Waals surface area contributed by atoms with Crippen LogP contribution in [0.4, 0.5) is 0 Å². The molecule has 1 aliphatic heterocycles. The first-order chi connectivity index (χ1) is 13.3. The standard InChI is InChI=1S/C23H33N3OSi/c1-23(2,3)28(4,5)27-18-11-8-17(9-12-18)10-13-20-22-19(7-6-14-25-22)21-15-24-16-26(20)21/h6-7,10,13-18,20H,8-9,11-12H2,1-5H3. The van der Waals surface area contributed by atoms with Crippen LogP contribution in [-0.4, -0.2) is 29.0 Å². The second kappa shape index (κ2) is 7.27. The van der Waals surface area contributed by atoms with Crippen molar-refractivity contribution >= 4 is 8.32 Å². The lowest BCUT2D eigenvalue weighted by Gasteiger charge is -2.41. The molecule has 4 nitrogen and oxygen atoms in total. The highest BCUT2D eigenvalue weighted by atomic mass is 28.4. The highest BCUT2D eigenvalue weighted by Crippen LogP contribution is 2.41. The number of imidazole rings is 1. The molecule has 0 bridgehead atoms. The highest BCUT2D eigenvalue weighted by molar-refractivity contribution is 6.74.